The Labute approximate surface area is 125 Å². The lowest BCUT2D eigenvalue weighted by Gasteiger charge is -2.10. The monoisotopic (exact) mass is 335 g/mol. The lowest BCUT2D eigenvalue weighted by atomic mass is 10.2. The number of carbonyl (C=O) groups is 1. The van der Waals surface area contributed by atoms with Crippen molar-refractivity contribution in [2.24, 2.45) is 0 Å². The van der Waals surface area contributed by atoms with Crippen LogP contribution in [0.5, 0.6) is 11.5 Å². The average molecular weight is 336 g/mol. The highest BCUT2D eigenvalue weighted by molar-refractivity contribution is 9.10. The minimum atomic E-state index is -0.258. The van der Waals surface area contributed by atoms with Gasteiger partial charge in [0.2, 0.25) is 0 Å². The van der Waals surface area contributed by atoms with E-state index in [1.165, 1.54) is 0 Å². The third kappa shape index (κ3) is 3.74. The number of anilines is 1. The highest BCUT2D eigenvalue weighted by atomic mass is 79.9. The summed E-state index contributed by atoms with van der Waals surface area (Å²) in [5.74, 6) is 0.384. The third-order valence-corrected chi connectivity index (χ3v) is 3.22. The molecule has 2 aromatic carbocycles. The van der Waals surface area contributed by atoms with Gasteiger partial charge in [-0.3, -0.25) is 4.79 Å². The highest BCUT2D eigenvalue weighted by Gasteiger charge is 2.07. The Kier molecular flexibility index (Phi) is 4.63. The van der Waals surface area contributed by atoms with E-state index in [4.69, 9.17) is 4.74 Å². The number of carbonyl (C=O) groups excluding carboxylic acids is 1. The largest absolute Gasteiger partial charge is 0.508 e. The molecule has 0 bridgehead atoms. The second-order valence-electron chi connectivity index (χ2n) is 4.25. The van der Waals surface area contributed by atoms with E-state index in [-0.39, 0.29) is 18.3 Å². The summed E-state index contributed by atoms with van der Waals surface area (Å²) in [6.07, 6.45) is 0. The first kappa shape index (κ1) is 14.4. The van der Waals surface area contributed by atoms with Gasteiger partial charge < -0.3 is 15.2 Å². The lowest BCUT2D eigenvalue weighted by Crippen LogP contribution is -2.20. The zero-order chi connectivity index (χ0) is 14.5. The second-order valence-corrected chi connectivity index (χ2v) is 5.16. The van der Waals surface area contributed by atoms with Crippen LogP contribution in [0.15, 0.2) is 46.9 Å². The molecule has 0 saturated heterocycles. The maximum Gasteiger partial charge on any atom is 0.262 e. The SMILES string of the molecule is Cc1c(O)cccc1OCC(=O)Nc1cccc(Br)c1. The van der Waals surface area contributed by atoms with Crippen molar-refractivity contribution in [1.29, 1.82) is 0 Å². The van der Waals surface area contributed by atoms with Crippen LogP contribution in [-0.2, 0) is 4.79 Å². The molecule has 2 aromatic rings. The zero-order valence-corrected chi connectivity index (χ0v) is 12.5. The smallest absolute Gasteiger partial charge is 0.262 e. The summed E-state index contributed by atoms with van der Waals surface area (Å²) < 4.78 is 6.29. The molecule has 4 nitrogen and oxygen atoms in total. The first-order chi connectivity index (χ1) is 9.56. The summed E-state index contributed by atoms with van der Waals surface area (Å²) in [6.45, 7) is 1.62. The maximum atomic E-state index is 11.8. The Morgan fingerprint density at radius 2 is 2.05 bits per heavy atom. The molecule has 0 aliphatic rings. The van der Waals surface area contributed by atoms with Crippen LogP contribution < -0.4 is 10.1 Å². The van der Waals surface area contributed by atoms with Gasteiger partial charge in [-0.05, 0) is 37.3 Å². The number of halogens is 1. The predicted molar refractivity (Wildman–Crippen MR) is 81.1 cm³/mol. The minimum absolute atomic E-state index is 0.114. The molecule has 2 rings (SSSR count). The zero-order valence-electron chi connectivity index (χ0n) is 10.9. The van der Waals surface area contributed by atoms with Crippen molar-refractivity contribution >= 4 is 27.5 Å². The average Bonchev–Trinajstić information content (AvgIpc) is 2.40. The van der Waals surface area contributed by atoms with Crippen LogP contribution in [0, 0.1) is 6.92 Å². The number of amides is 1. The molecule has 0 unspecified atom stereocenters. The summed E-state index contributed by atoms with van der Waals surface area (Å²) in [5, 5.41) is 12.3. The molecule has 104 valence electrons. The molecule has 0 spiro atoms. The number of phenols is 1. The number of rotatable bonds is 4. The van der Waals surface area contributed by atoms with Gasteiger partial charge in [0.05, 0.1) is 0 Å². The lowest BCUT2D eigenvalue weighted by molar-refractivity contribution is -0.118. The molecule has 0 fully saturated rings. The first-order valence-electron chi connectivity index (χ1n) is 6.03. The van der Waals surface area contributed by atoms with Crippen molar-refractivity contribution in [3.05, 3.63) is 52.5 Å². The molecular weight excluding hydrogens is 322 g/mol. The Morgan fingerprint density at radius 1 is 1.30 bits per heavy atom. The van der Waals surface area contributed by atoms with Crippen molar-refractivity contribution in [1.82, 2.24) is 0 Å². The van der Waals surface area contributed by atoms with Gasteiger partial charge in [-0.2, -0.15) is 0 Å². The van der Waals surface area contributed by atoms with E-state index in [2.05, 4.69) is 21.2 Å². The number of hydrogen-bond acceptors (Lipinski definition) is 3. The van der Waals surface area contributed by atoms with Gasteiger partial charge in [-0.15, -0.1) is 0 Å². The van der Waals surface area contributed by atoms with Crippen LogP contribution in [0.1, 0.15) is 5.56 Å². The Bertz CT molecular complexity index is 628. The summed E-state index contributed by atoms with van der Waals surface area (Å²) in [7, 11) is 0. The van der Waals surface area contributed by atoms with E-state index < -0.39 is 0 Å². The molecule has 0 aliphatic heterocycles. The molecule has 20 heavy (non-hydrogen) atoms. The van der Waals surface area contributed by atoms with Gasteiger partial charge in [0, 0.05) is 15.7 Å². The molecule has 0 aliphatic carbocycles. The van der Waals surface area contributed by atoms with Crippen LogP contribution in [0.4, 0.5) is 5.69 Å². The quantitative estimate of drug-likeness (QED) is 0.899. The Hall–Kier alpha value is -2.01. The van der Waals surface area contributed by atoms with E-state index in [1.807, 2.05) is 12.1 Å². The van der Waals surface area contributed by atoms with E-state index in [9.17, 15) is 9.90 Å². The predicted octanol–water partition coefficient (Wildman–Crippen LogP) is 3.48. The van der Waals surface area contributed by atoms with Crippen molar-refractivity contribution in [2.75, 3.05) is 11.9 Å². The van der Waals surface area contributed by atoms with Crippen molar-refractivity contribution in [3.63, 3.8) is 0 Å². The van der Waals surface area contributed by atoms with E-state index in [1.54, 1.807) is 37.3 Å². The molecule has 0 heterocycles. The number of nitrogens with one attached hydrogen (secondary N) is 1. The normalized spacial score (nSPS) is 10.1. The molecular formula is C15H14BrNO3. The van der Waals surface area contributed by atoms with Crippen LogP contribution in [0.25, 0.3) is 0 Å². The Balaban J connectivity index is 1.94. The van der Waals surface area contributed by atoms with Gasteiger partial charge in [0.15, 0.2) is 6.61 Å². The fourth-order valence-electron chi connectivity index (χ4n) is 1.67. The molecule has 0 saturated carbocycles. The topological polar surface area (TPSA) is 58.6 Å². The van der Waals surface area contributed by atoms with Gasteiger partial charge in [-0.1, -0.05) is 28.1 Å². The van der Waals surface area contributed by atoms with Crippen LogP contribution in [0.2, 0.25) is 0 Å². The summed E-state index contributed by atoms with van der Waals surface area (Å²) >= 11 is 3.33. The van der Waals surface area contributed by atoms with Crippen LogP contribution in [-0.4, -0.2) is 17.6 Å². The van der Waals surface area contributed by atoms with Crippen molar-refractivity contribution in [3.8, 4) is 11.5 Å². The van der Waals surface area contributed by atoms with Crippen molar-refractivity contribution < 1.29 is 14.6 Å². The molecule has 0 radical (unpaired) electrons. The maximum absolute atomic E-state index is 11.8. The van der Waals surface area contributed by atoms with Gasteiger partial charge in [0.1, 0.15) is 11.5 Å². The number of phenolic OH excluding ortho intramolecular Hbond substituents is 1. The highest BCUT2D eigenvalue weighted by Crippen LogP contribution is 2.25. The van der Waals surface area contributed by atoms with Gasteiger partial charge in [0.25, 0.3) is 5.91 Å². The fraction of sp³-hybridized carbons (Fsp3) is 0.133. The molecule has 2 N–H and O–H groups in total. The van der Waals surface area contributed by atoms with Gasteiger partial charge >= 0.3 is 0 Å². The summed E-state index contributed by atoms with van der Waals surface area (Å²) in [4.78, 5) is 11.8. The summed E-state index contributed by atoms with van der Waals surface area (Å²) in [5.41, 5.74) is 1.31. The number of ether oxygens (including phenoxy) is 1. The van der Waals surface area contributed by atoms with Gasteiger partial charge in [-0.25, -0.2) is 0 Å². The standard InChI is InChI=1S/C15H14BrNO3/c1-10-13(18)6-3-7-14(10)20-9-15(19)17-12-5-2-4-11(16)8-12/h2-8,18H,9H2,1H3,(H,17,19). The molecule has 5 heteroatoms. The number of hydrogen-bond donors (Lipinski definition) is 2. The number of benzene rings is 2. The first-order valence-corrected chi connectivity index (χ1v) is 6.82. The van der Waals surface area contributed by atoms with E-state index in [0.29, 0.717) is 17.0 Å². The van der Waals surface area contributed by atoms with Crippen LogP contribution in [0.3, 0.4) is 0 Å². The third-order valence-electron chi connectivity index (χ3n) is 2.72. The molecule has 0 aromatic heterocycles. The van der Waals surface area contributed by atoms with E-state index >= 15 is 0 Å². The number of aromatic hydroxyl groups is 1. The Morgan fingerprint density at radius 3 is 2.80 bits per heavy atom. The minimum Gasteiger partial charge on any atom is -0.508 e. The van der Waals surface area contributed by atoms with Crippen molar-refractivity contribution in [2.45, 2.75) is 6.92 Å². The van der Waals surface area contributed by atoms with E-state index in [0.717, 1.165) is 4.47 Å². The fourth-order valence-corrected chi connectivity index (χ4v) is 2.07. The molecule has 0 atom stereocenters. The summed E-state index contributed by atoms with van der Waals surface area (Å²) in [6, 6.07) is 12.3. The van der Waals surface area contributed by atoms with Crippen LogP contribution >= 0.6 is 15.9 Å². The second kappa shape index (κ2) is 6.43. The molecule has 1 amide bonds.